The molecule has 0 aromatic carbocycles. The van der Waals surface area contributed by atoms with Gasteiger partial charge in [-0.15, -0.1) is 11.3 Å². The van der Waals surface area contributed by atoms with Crippen molar-refractivity contribution < 1.29 is 4.79 Å². The maximum absolute atomic E-state index is 11.6. The Kier molecular flexibility index (Phi) is 6.15. The number of nitrogens with two attached hydrogens (primary N) is 1. The summed E-state index contributed by atoms with van der Waals surface area (Å²) in [5, 5.41) is 5.96. The summed E-state index contributed by atoms with van der Waals surface area (Å²) in [5.41, 5.74) is 5.51. The maximum atomic E-state index is 11.6. The largest absolute Gasteiger partial charge is 0.355 e. The first-order valence-electron chi connectivity index (χ1n) is 5.99. The lowest BCUT2D eigenvalue weighted by atomic mass is 10.1. The molecule has 0 bridgehead atoms. The van der Waals surface area contributed by atoms with Crippen LogP contribution < -0.4 is 11.1 Å². The third-order valence-corrected chi connectivity index (χ3v) is 3.75. The summed E-state index contributed by atoms with van der Waals surface area (Å²) in [6.45, 7) is 5.43. The average Bonchev–Trinajstić information content (AvgIpc) is 2.86. The molecule has 2 atom stereocenters. The number of carbonyl (C=O) groups is 1. The van der Waals surface area contributed by atoms with E-state index in [4.69, 9.17) is 5.73 Å². The topological polar surface area (TPSA) is 68.0 Å². The fourth-order valence-corrected chi connectivity index (χ4v) is 2.11. The molecule has 0 fully saturated rings. The van der Waals surface area contributed by atoms with Gasteiger partial charge >= 0.3 is 0 Å². The highest BCUT2D eigenvalue weighted by Crippen LogP contribution is 2.16. The van der Waals surface area contributed by atoms with Gasteiger partial charge in [-0.3, -0.25) is 4.79 Å². The summed E-state index contributed by atoms with van der Waals surface area (Å²) in [6, 6.07) is 0. The van der Waals surface area contributed by atoms with E-state index in [0.717, 1.165) is 11.4 Å². The van der Waals surface area contributed by atoms with Gasteiger partial charge in [-0.2, -0.15) is 0 Å². The molecule has 5 heteroatoms. The summed E-state index contributed by atoms with van der Waals surface area (Å²) in [7, 11) is 0. The van der Waals surface area contributed by atoms with Gasteiger partial charge in [-0.25, -0.2) is 4.98 Å². The van der Waals surface area contributed by atoms with Gasteiger partial charge in [0.25, 0.3) is 0 Å². The molecular formula is C12H21N3OS. The molecule has 1 aromatic heterocycles. The molecule has 3 N–H and O–H groups in total. The Balaban J connectivity index is 2.19. The van der Waals surface area contributed by atoms with Crippen LogP contribution in [-0.2, 0) is 4.79 Å². The second-order valence-corrected chi connectivity index (χ2v) is 5.38. The second-order valence-electron chi connectivity index (χ2n) is 4.46. The molecule has 0 radical (unpaired) electrons. The number of aromatic nitrogens is 1. The minimum atomic E-state index is 0.105. The van der Waals surface area contributed by atoms with Crippen molar-refractivity contribution in [3.8, 4) is 0 Å². The standard InChI is InChI=1S/C12H21N3OS/c1-9(7-13)3-4-11(16)15-8-10(2)12-14-5-6-17-12/h5-6,9-10H,3-4,7-8,13H2,1-2H3,(H,15,16). The Bertz CT molecular complexity index is 327. The third-order valence-electron chi connectivity index (χ3n) is 2.74. The zero-order valence-corrected chi connectivity index (χ0v) is 11.3. The quantitative estimate of drug-likeness (QED) is 0.780. The SMILES string of the molecule is CC(CN)CCC(=O)NCC(C)c1nccs1. The van der Waals surface area contributed by atoms with E-state index < -0.39 is 0 Å². The van der Waals surface area contributed by atoms with Crippen LogP contribution >= 0.6 is 11.3 Å². The summed E-state index contributed by atoms with van der Waals surface area (Å²) >= 11 is 1.63. The van der Waals surface area contributed by atoms with E-state index in [9.17, 15) is 4.79 Å². The van der Waals surface area contributed by atoms with Crippen molar-refractivity contribution >= 4 is 17.2 Å². The van der Waals surface area contributed by atoms with Crippen molar-refractivity contribution in [1.29, 1.82) is 0 Å². The number of rotatable bonds is 7. The number of nitrogens with one attached hydrogen (secondary N) is 1. The van der Waals surface area contributed by atoms with Crippen molar-refractivity contribution in [2.24, 2.45) is 11.7 Å². The van der Waals surface area contributed by atoms with Gasteiger partial charge in [-0.1, -0.05) is 13.8 Å². The molecule has 1 rings (SSSR count). The zero-order valence-electron chi connectivity index (χ0n) is 10.5. The van der Waals surface area contributed by atoms with Crippen LogP contribution in [0.4, 0.5) is 0 Å². The maximum Gasteiger partial charge on any atom is 0.220 e. The van der Waals surface area contributed by atoms with Crippen LogP contribution in [0.2, 0.25) is 0 Å². The van der Waals surface area contributed by atoms with Crippen LogP contribution in [0.15, 0.2) is 11.6 Å². The van der Waals surface area contributed by atoms with E-state index in [-0.39, 0.29) is 11.8 Å². The predicted molar refractivity (Wildman–Crippen MR) is 71.0 cm³/mol. The van der Waals surface area contributed by atoms with E-state index in [1.165, 1.54) is 0 Å². The minimum Gasteiger partial charge on any atom is -0.355 e. The molecule has 1 aromatic rings. The Labute approximate surface area is 107 Å². The molecule has 0 spiro atoms. The molecular weight excluding hydrogens is 234 g/mol. The Hall–Kier alpha value is -0.940. The van der Waals surface area contributed by atoms with Crippen LogP contribution in [0.5, 0.6) is 0 Å². The fraction of sp³-hybridized carbons (Fsp3) is 0.667. The predicted octanol–water partition coefficient (Wildman–Crippen LogP) is 1.74. The lowest BCUT2D eigenvalue weighted by Crippen LogP contribution is -2.28. The first kappa shape index (κ1) is 14.1. The smallest absolute Gasteiger partial charge is 0.220 e. The van der Waals surface area contributed by atoms with Crippen molar-refractivity contribution in [2.75, 3.05) is 13.1 Å². The van der Waals surface area contributed by atoms with Crippen LogP contribution in [0.25, 0.3) is 0 Å². The number of amides is 1. The van der Waals surface area contributed by atoms with Gasteiger partial charge in [0.2, 0.25) is 5.91 Å². The minimum absolute atomic E-state index is 0.105. The highest BCUT2D eigenvalue weighted by molar-refractivity contribution is 7.09. The number of nitrogens with zero attached hydrogens (tertiary/aromatic N) is 1. The molecule has 0 aliphatic heterocycles. The first-order valence-corrected chi connectivity index (χ1v) is 6.87. The fourth-order valence-electron chi connectivity index (χ4n) is 1.42. The number of hydrogen-bond acceptors (Lipinski definition) is 4. The van der Waals surface area contributed by atoms with Gasteiger partial charge in [0, 0.05) is 30.5 Å². The van der Waals surface area contributed by atoms with E-state index in [0.29, 0.717) is 25.4 Å². The average molecular weight is 255 g/mol. The van der Waals surface area contributed by atoms with Crippen LogP contribution in [0, 0.1) is 5.92 Å². The van der Waals surface area contributed by atoms with E-state index in [1.54, 1.807) is 17.5 Å². The normalized spacial score (nSPS) is 14.3. The number of hydrogen-bond donors (Lipinski definition) is 2. The van der Waals surface area contributed by atoms with Gasteiger partial charge in [0.05, 0.1) is 5.01 Å². The van der Waals surface area contributed by atoms with Gasteiger partial charge < -0.3 is 11.1 Å². The third kappa shape index (κ3) is 5.28. The molecule has 2 unspecified atom stereocenters. The molecule has 0 aliphatic rings. The molecule has 17 heavy (non-hydrogen) atoms. The molecule has 0 saturated heterocycles. The lowest BCUT2D eigenvalue weighted by Gasteiger charge is -2.11. The van der Waals surface area contributed by atoms with Crippen molar-refractivity contribution in [3.63, 3.8) is 0 Å². The molecule has 96 valence electrons. The molecule has 0 aliphatic carbocycles. The first-order chi connectivity index (χ1) is 8.13. The molecule has 0 saturated carbocycles. The van der Waals surface area contributed by atoms with E-state index in [2.05, 4.69) is 24.1 Å². The van der Waals surface area contributed by atoms with E-state index >= 15 is 0 Å². The molecule has 1 amide bonds. The number of thiazole rings is 1. The van der Waals surface area contributed by atoms with Gasteiger partial charge in [0.15, 0.2) is 0 Å². The van der Waals surface area contributed by atoms with Crippen molar-refractivity contribution in [2.45, 2.75) is 32.6 Å². The molecule has 4 nitrogen and oxygen atoms in total. The van der Waals surface area contributed by atoms with Crippen LogP contribution in [0.1, 0.15) is 37.6 Å². The van der Waals surface area contributed by atoms with Crippen molar-refractivity contribution in [1.82, 2.24) is 10.3 Å². The van der Waals surface area contributed by atoms with Crippen molar-refractivity contribution in [3.05, 3.63) is 16.6 Å². The van der Waals surface area contributed by atoms with Crippen LogP contribution in [-0.4, -0.2) is 24.0 Å². The zero-order chi connectivity index (χ0) is 12.7. The highest BCUT2D eigenvalue weighted by Gasteiger charge is 2.10. The van der Waals surface area contributed by atoms with Crippen LogP contribution in [0.3, 0.4) is 0 Å². The Morgan fingerprint density at radius 1 is 1.59 bits per heavy atom. The number of carbonyl (C=O) groups excluding carboxylic acids is 1. The molecule has 1 heterocycles. The Morgan fingerprint density at radius 2 is 2.35 bits per heavy atom. The van der Waals surface area contributed by atoms with E-state index in [1.807, 2.05) is 5.38 Å². The summed E-state index contributed by atoms with van der Waals surface area (Å²) in [6.07, 6.45) is 3.21. The Morgan fingerprint density at radius 3 is 2.94 bits per heavy atom. The summed E-state index contributed by atoms with van der Waals surface area (Å²) in [4.78, 5) is 15.8. The monoisotopic (exact) mass is 255 g/mol. The second kappa shape index (κ2) is 7.40. The summed E-state index contributed by atoms with van der Waals surface area (Å²) in [5.74, 6) is 0.803. The van der Waals surface area contributed by atoms with Gasteiger partial charge in [-0.05, 0) is 18.9 Å². The summed E-state index contributed by atoms with van der Waals surface area (Å²) < 4.78 is 0. The highest BCUT2D eigenvalue weighted by atomic mass is 32.1. The van der Waals surface area contributed by atoms with Gasteiger partial charge in [0.1, 0.15) is 0 Å². The lowest BCUT2D eigenvalue weighted by molar-refractivity contribution is -0.121.